The van der Waals surface area contributed by atoms with E-state index >= 15 is 0 Å². The first kappa shape index (κ1) is 10.6. The summed E-state index contributed by atoms with van der Waals surface area (Å²) in [5, 5.41) is 0. The predicted molar refractivity (Wildman–Crippen MR) is 44.4 cm³/mol. The van der Waals surface area contributed by atoms with E-state index in [1.807, 2.05) is 22.6 Å². The predicted octanol–water partition coefficient (Wildman–Crippen LogP) is -0.432. The van der Waals surface area contributed by atoms with Crippen LogP contribution < -0.4 is 5.73 Å². The van der Waals surface area contributed by atoms with Crippen molar-refractivity contribution in [2.24, 2.45) is 5.73 Å². The van der Waals surface area contributed by atoms with E-state index in [0.717, 1.165) is 0 Å². The second-order valence-corrected chi connectivity index (χ2v) is 3.46. The fourth-order valence-electron chi connectivity index (χ4n) is 0.300. The lowest BCUT2D eigenvalue weighted by Gasteiger charge is -2.07. The Morgan fingerprint density at radius 3 is 2.30 bits per heavy atom. The van der Waals surface area contributed by atoms with Crippen molar-refractivity contribution in [3.63, 3.8) is 0 Å². The summed E-state index contributed by atoms with van der Waals surface area (Å²) in [6, 6.07) is 0. The van der Waals surface area contributed by atoms with E-state index in [1.165, 1.54) is 0 Å². The van der Waals surface area contributed by atoms with E-state index in [2.05, 4.69) is 4.18 Å². The summed E-state index contributed by atoms with van der Waals surface area (Å²) >= 11 is 1.91. The van der Waals surface area contributed by atoms with Gasteiger partial charge in [0.1, 0.15) is 6.10 Å². The minimum atomic E-state index is -4.33. The van der Waals surface area contributed by atoms with Gasteiger partial charge in [0.25, 0.3) is 0 Å². The molecule has 0 radical (unpaired) electrons. The minimum Gasteiger partial charge on any atom is -0.328 e. The van der Waals surface area contributed by atoms with Crippen LogP contribution in [0, 0.1) is 0 Å². The van der Waals surface area contributed by atoms with Gasteiger partial charge in [-0.25, -0.2) is 4.18 Å². The van der Waals surface area contributed by atoms with Gasteiger partial charge in [-0.2, -0.15) is 8.42 Å². The minimum absolute atomic E-state index is 0.0722. The summed E-state index contributed by atoms with van der Waals surface area (Å²) in [5.74, 6) is 0. The standard InChI is InChI=1S/C3H8INO4S/c4-1-3(2-5)9-10(6,7)8/h3H,1-2,5H2,(H,6,7,8). The van der Waals surface area contributed by atoms with Gasteiger partial charge in [-0.3, -0.25) is 4.55 Å². The second-order valence-electron chi connectivity index (χ2n) is 1.54. The highest BCUT2D eigenvalue weighted by Crippen LogP contribution is 1.99. The monoisotopic (exact) mass is 281 g/mol. The molecule has 62 valence electrons. The van der Waals surface area contributed by atoms with Gasteiger partial charge in [0.2, 0.25) is 0 Å². The van der Waals surface area contributed by atoms with Crippen molar-refractivity contribution in [2.75, 3.05) is 11.0 Å². The molecular formula is C3H8INO4S. The first-order chi connectivity index (χ1) is 4.49. The van der Waals surface area contributed by atoms with Gasteiger partial charge in [0, 0.05) is 11.0 Å². The highest BCUT2D eigenvalue weighted by Gasteiger charge is 2.13. The molecule has 0 bridgehead atoms. The number of halogens is 1. The largest absolute Gasteiger partial charge is 0.397 e. The lowest BCUT2D eigenvalue weighted by atomic mass is 10.4. The quantitative estimate of drug-likeness (QED) is 0.414. The Balaban J connectivity index is 3.87. The van der Waals surface area contributed by atoms with E-state index in [0.29, 0.717) is 4.43 Å². The van der Waals surface area contributed by atoms with Crippen LogP contribution in [0.1, 0.15) is 0 Å². The first-order valence-corrected chi connectivity index (χ1v) is 5.30. The van der Waals surface area contributed by atoms with Crippen LogP contribution in [0.5, 0.6) is 0 Å². The summed E-state index contributed by atoms with van der Waals surface area (Å²) in [6.45, 7) is 0.0722. The highest BCUT2D eigenvalue weighted by atomic mass is 127. The van der Waals surface area contributed by atoms with Crippen LogP contribution in [0.4, 0.5) is 0 Å². The molecule has 10 heavy (non-hydrogen) atoms. The number of hydrogen-bond acceptors (Lipinski definition) is 4. The van der Waals surface area contributed by atoms with Gasteiger partial charge in [-0.15, -0.1) is 0 Å². The summed E-state index contributed by atoms with van der Waals surface area (Å²) in [4.78, 5) is 0. The number of rotatable bonds is 4. The van der Waals surface area contributed by atoms with Gasteiger partial charge in [0.05, 0.1) is 0 Å². The van der Waals surface area contributed by atoms with E-state index in [9.17, 15) is 8.42 Å². The van der Waals surface area contributed by atoms with E-state index < -0.39 is 16.5 Å². The first-order valence-electron chi connectivity index (χ1n) is 2.41. The topological polar surface area (TPSA) is 89.6 Å². The lowest BCUT2D eigenvalue weighted by molar-refractivity contribution is 0.210. The van der Waals surface area contributed by atoms with Crippen LogP contribution in [0.15, 0.2) is 0 Å². The molecule has 0 aromatic heterocycles. The van der Waals surface area contributed by atoms with Crippen molar-refractivity contribution < 1.29 is 17.2 Å². The van der Waals surface area contributed by atoms with Crippen LogP contribution >= 0.6 is 22.6 Å². The normalized spacial score (nSPS) is 15.1. The third-order valence-corrected chi connectivity index (χ3v) is 2.19. The molecule has 0 heterocycles. The third kappa shape index (κ3) is 5.35. The molecule has 0 aliphatic carbocycles. The molecule has 0 fully saturated rings. The summed E-state index contributed by atoms with van der Waals surface area (Å²) in [5.41, 5.74) is 5.09. The third-order valence-electron chi connectivity index (χ3n) is 0.693. The molecule has 1 unspecified atom stereocenters. The van der Waals surface area contributed by atoms with Gasteiger partial charge >= 0.3 is 10.4 Å². The van der Waals surface area contributed by atoms with E-state index in [1.54, 1.807) is 0 Å². The molecule has 0 saturated carbocycles. The lowest BCUT2D eigenvalue weighted by Crippen LogP contribution is -2.27. The maximum absolute atomic E-state index is 10.0. The summed E-state index contributed by atoms with van der Waals surface area (Å²) < 4.78 is 32.8. The van der Waals surface area contributed by atoms with Crippen LogP contribution in [0.2, 0.25) is 0 Å². The summed E-state index contributed by atoms with van der Waals surface area (Å²) in [6.07, 6.45) is -0.629. The smallest absolute Gasteiger partial charge is 0.328 e. The Hall–Kier alpha value is 0.560. The van der Waals surface area contributed by atoms with Gasteiger partial charge in [-0.1, -0.05) is 22.6 Å². The molecule has 3 N–H and O–H groups in total. The molecule has 0 amide bonds. The maximum Gasteiger partial charge on any atom is 0.397 e. The molecule has 0 rings (SSSR count). The zero-order chi connectivity index (χ0) is 8.20. The van der Waals surface area contributed by atoms with Crippen molar-refractivity contribution in [3.05, 3.63) is 0 Å². The van der Waals surface area contributed by atoms with Crippen LogP contribution in [0.3, 0.4) is 0 Å². The zero-order valence-electron chi connectivity index (χ0n) is 5.03. The average Bonchev–Trinajstić information content (AvgIpc) is 1.81. The average molecular weight is 281 g/mol. The maximum atomic E-state index is 10.0. The van der Waals surface area contributed by atoms with Gasteiger partial charge in [0.15, 0.2) is 0 Å². The molecule has 1 atom stereocenters. The van der Waals surface area contributed by atoms with Crippen molar-refractivity contribution in [2.45, 2.75) is 6.10 Å². The Morgan fingerprint density at radius 2 is 2.20 bits per heavy atom. The van der Waals surface area contributed by atoms with Crippen molar-refractivity contribution >= 4 is 33.0 Å². The Labute approximate surface area is 73.0 Å². The second kappa shape index (κ2) is 4.44. The molecule has 0 spiro atoms. The molecule has 0 aliphatic heterocycles. The van der Waals surface area contributed by atoms with Crippen LogP contribution in [-0.4, -0.2) is 30.0 Å². The van der Waals surface area contributed by atoms with E-state index in [4.69, 9.17) is 10.3 Å². The highest BCUT2D eigenvalue weighted by molar-refractivity contribution is 14.1. The Bertz CT molecular complexity index is 175. The fraction of sp³-hybridized carbons (Fsp3) is 1.00. The summed E-state index contributed by atoms with van der Waals surface area (Å²) in [7, 11) is -4.33. The number of nitrogens with two attached hydrogens (primary N) is 1. The molecule has 0 aromatic rings. The SMILES string of the molecule is NCC(CI)OS(=O)(=O)O. The van der Waals surface area contributed by atoms with Crippen LogP contribution in [-0.2, 0) is 14.6 Å². The van der Waals surface area contributed by atoms with Crippen LogP contribution in [0.25, 0.3) is 0 Å². The van der Waals surface area contributed by atoms with Crippen molar-refractivity contribution in [1.29, 1.82) is 0 Å². The van der Waals surface area contributed by atoms with Gasteiger partial charge in [-0.05, 0) is 0 Å². The Morgan fingerprint density at radius 1 is 1.70 bits per heavy atom. The molecule has 0 aliphatic rings. The van der Waals surface area contributed by atoms with E-state index in [-0.39, 0.29) is 6.54 Å². The van der Waals surface area contributed by atoms with Crippen molar-refractivity contribution in [1.82, 2.24) is 0 Å². The molecule has 7 heteroatoms. The Kier molecular flexibility index (Phi) is 4.69. The molecule has 0 saturated heterocycles. The van der Waals surface area contributed by atoms with Gasteiger partial charge < -0.3 is 5.73 Å². The molecule has 0 aromatic carbocycles. The molecule has 5 nitrogen and oxygen atoms in total. The van der Waals surface area contributed by atoms with Crippen molar-refractivity contribution in [3.8, 4) is 0 Å². The fourth-order valence-corrected chi connectivity index (χ4v) is 1.57. The molecular weight excluding hydrogens is 273 g/mol. The number of hydrogen-bond donors (Lipinski definition) is 2. The zero-order valence-corrected chi connectivity index (χ0v) is 8.00. The number of alkyl halides is 1.